The second-order valence-corrected chi connectivity index (χ2v) is 10.4. The number of alkyl halides is 12. The topological polar surface area (TPSA) is 152 Å². The van der Waals surface area contributed by atoms with Crippen molar-refractivity contribution >= 4 is 23.6 Å². The SMILES string of the molecule is O=C(NC(CC1CCC(NOO)CC1)CN(CCN(CCN(CCO)C(=O)C(F)(F)F)C(=O)C(F)(F)F)C(=O)C(F)(F)F)C(F)(F)F. The first-order chi connectivity index (χ1) is 21.4. The molecule has 1 atom stereocenters. The smallest absolute Gasteiger partial charge is 0.395 e. The number of rotatable bonds is 15. The number of carbonyl (C=O) groups excluding carboxylic acids is 4. The number of halogens is 12. The zero-order valence-corrected chi connectivity index (χ0v) is 24.0. The van der Waals surface area contributed by atoms with E-state index < -0.39 is 119 Å². The molecule has 4 N–H and O–H groups in total. The van der Waals surface area contributed by atoms with Crippen molar-refractivity contribution in [2.24, 2.45) is 5.92 Å². The molecule has 12 nitrogen and oxygen atoms in total. The Balaban J connectivity index is 3.31. The van der Waals surface area contributed by atoms with Gasteiger partial charge in [0.2, 0.25) is 0 Å². The Morgan fingerprint density at radius 3 is 1.45 bits per heavy atom. The zero-order valence-electron chi connectivity index (χ0n) is 24.0. The molecule has 1 aliphatic rings. The van der Waals surface area contributed by atoms with Crippen LogP contribution in [0, 0.1) is 5.92 Å². The third-order valence-electron chi connectivity index (χ3n) is 6.96. The van der Waals surface area contributed by atoms with E-state index in [0.717, 1.165) is 0 Å². The van der Waals surface area contributed by atoms with Gasteiger partial charge in [-0.3, -0.25) is 19.2 Å². The first-order valence-electron chi connectivity index (χ1n) is 13.5. The fraction of sp³-hybridized carbons (Fsp3) is 0.826. The van der Waals surface area contributed by atoms with Gasteiger partial charge in [0.1, 0.15) is 0 Å². The van der Waals surface area contributed by atoms with E-state index in [9.17, 15) is 71.9 Å². The minimum Gasteiger partial charge on any atom is -0.395 e. The third-order valence-corrected chi connectivity index (χ3v) is 6.96. The summed E-state index contributed by atoms with van der Waals surface area (Å²) in [4.78, 5) is 50.4. The van der Waals surface area contributed by atoms with Crippen molar-refractivity contribution in [2.75, 3.05) is 45.9 Å². The summed E-state index contributed by atoms with van der Waals surface area (Å²) >= 11 is 0. The van der Waals surface area contributed by atoms with Gasteiger partial charge in [-0.15, -0.1) is 4.99 Å². The number of nitrogens with one attached hydrogen (secondary N) is 2. The molecule has 1 fully saturated rings. The van der Waals surface area contributed by atoms with Crippen LogP contribution < -0.4 is 10.8 Å². The van der Waals surface area contributed by atoms with Crippen LogP contribution in [-0.2, 0) is 24.2 Å². The predicted octanol–water partition coefficient (Wildman–Crippen LogP) is 2.14. The van der Waals surface area contributed by atoms with E-state index in [0.29, 0.717) is 0 Å². The maximum Gasteiger partial charge on any atom is 0.471 e. The Kier molecular flexibility index (Phi) is 15.4. The third kappa shape index (κ3) is 14.3. The van der Waals surface area contributed by atoms with Gasteiger partial charge in [-0.25, -0.2) is 5.26 Å². The van der Waals surface area contributed by atoms with Gasteiger partial charge in [0.15, 0.2) is 0 Å². The van der Waals surface area contributed by atoms with Crippen LogP contribution in [0.4, 0.5) is 52.7 Å². The van der Waals surface area contributed by atoms with Crippen molar-refractivity contribution in [3.8, 4) is 0 Å². The number of hydrogen-bond acceptors (Lipinski definition) is 8. The summed E-state index contributed by atoms with van der Waals surface area (Å²) in [6.07, 6.45) is -22.2. The van der Waals surface area contributed by atoms with Gasteiger partial charge in [0.05, 0.1) is 6.61 Å². The van der Waals surface area contributed by atoms with Crippen LogP contribution in [0.25, 0.3) is 0 Å². The van der Waals surface area contributed by atoms with Gasteiger partial charge in [0, 0.05) is 51.4 Å². The maximum atomic E-state index is 13.5. The standard InChI is InChI=1S/C23H31F12N5O7/c24-20(25,26)16(42)36-15(11-13-1-3-14(4-2-13)37-47-46)12-40(19(45)23(33,34)35)8-7-38(17(43)21(27,28)29)5-6-39(9-10-41)18(44)22(30,31)32/h13-15,37,41,46H,1-12H2,(H,36,42). The summed E-state index contributed by atoms with van der Waals surface area (Å²) in [5.41, 5.74) is 2.22. The average molecular weight is 718 g/mol. The van der Waals surface area contributed by atoms with Crippen molar-refractivity contribution in [3.05, 3.63) is 0 Å². The highest BCUT2D eigenvalue weighted by molar-refractivity contribution is 5.84. The van der Waals surface area contributed by atoms with Crippen LogP contribution in [0.3, 0.4) is 0 Å². The molecule has 0 aromatic rings. The molecule has 47 heavy (non-hydrogen) atoms. The van der Waals surface area contributed by atoms with E-state index in [-0.39, 0.29) is 40.4 Å². The first kappa shape index (κ1) is 41.9. The average Bonchev–Trinajstić information content (AvgIpc) is 2.93. The maximum absolute atomic E-state index is 13.5. The second kappa shape index (κ2) is 17.3. The van der Waals surface area contributed by atoms with Gasteiger partial charge >= 0.3 is 48.3 Å². The van der Waals surface area contributed by atoms with Crippen molar-refractivity contribution in [2.45, 2.75) is 68.9 Å². The normalized spacial score (nSPS) is 18.3. The van der Waals surface area contributed by atoms with E-state index in [1.54, 1.807) is 0 Å². The lowest BCUT2D eigenvalue weighted by Crippen LogP contribution is -2.55. The molecule has 0 saturated heterocycles. The minimum atomic E-state index is -5.76. The lowest BCUT2D eigenvalue weighted by molar-refractivity contribution is -0.301. The molecule has 1 aliphatic carbocycles. The van der Waals surface area contributed by atoms with Crippen molar-refractivity contribution in [3.63, 3.8) is 0 Å². The molecule has 0 heterocycles. The Bertz CT molecular complexity index is 1050. The molecule has 4 amide bonds. The van der Waals surface area contributed by atoms with Crippen LogP contribution in [0.1, 0.15) is 32.1 Å². The Morgan fingerprint density at radius 1 is 0.660 bits per heavy atom. The molecule has 1 unspecified atom stereocenters. The Morgan fingerprint density at radius 2 is 1.06 bits per heavy atom. The van der Waals surface area contributed by atoms with Crippen molar-refractivity contribution in [1.29, 1.82) is 0 Å². The lowest BCUT2D eigenvalue weighted by Gasteiger charge is -2.35. The van der Waals surface area contributed by atoms with Crippen LogP contribution in [0.15, 0.2) is 0 Å². The molecule has 0 aliphatic heterocycles. The van der Waals surface area contributed by atoms with Crippen LogP contribution in [0.2, 0.25) is 0 Å². The number of carbonyl (C=O) groups is 4. The summed E-state index contributed by atoms with van der Waals surface area (Å²) in [6.45, 7) is -9.16. The summed E-state index contributed by atoms with van der Waals surface area (Å²) in [5.74, 6) is -11.4. The molecule has 0 spiro atoms. The number of nitrogens with zero attached hydrogens (tertiary/aromatic N) is 3. The summed E-state index contributed by atoms with van der Waals surface area (Å²) in [5, 5.41) is 18.9. The highest BCUT2D eigenvalue weighted by atomic mass is 19.4. The fourth-order valence-electron chi connectivity index (χ4n) is 4.75. The lowest BCUT2D eigenvalue weighted by atomic mass is 9.82. The molecule has 24 heteroatoms. The molecule has 1 saturated carbocycles. The molecular formula is C23H31F12N5O7. The van der Waals surface area contributed by atoms with E-state index in [1.807, 2.05) is 0 Å². The van der Waals surface area contributed by atoms with Crippen LogP contribution >= 0.6 is 0 Å². The predicted molar refractivity (Wildman–Crippen MR) is 130 cm³/mol. The number of aliphatic hydroxyl groups excluding tert-OH is 1. The quantitative estimate of drug-likeness (QED) is 0.114. The fourth-order valence-corrected chi connectivity index (χ4v) is 4.75. The Labute approximate surface area is 257 Å². The molecule has 0 bridgehead atoms. The largest absolute Gasteiger partial charge is 0.471 e. The second-order valence-electron chi connectivity index (χ2n) is 10.4. The zero-order chi connectivity index (χ0) is 36.4. The molecular weight excluding hydrogens is 686 g/mol. The van der Waals surface area contributed by atoms with E-state index in [4.69, 9.17) is 10.4 Å². The highest BCUT2D eigenvalue weighted by Crippen LogP contribution is 2.29. The molecule has 0 aromatic heterocycles. The van der Waals surface area contributed by atoms with Crippen molar-refractivity contribution < 1.29 is 87.2 Å². The van der Waals surface area contributed by atoms with E-state index in [2.05, 4.69) is 10.5 Å². The van der Waals surface area contributed by atoms with Gasteiger partial charge in [-0.05, 0) is 38.0 Å². The highest BCUT2D eigenvalue weighted by Gasteiger charge is 2.47. The minimum absolute atomic E-state index is 0.182. The number of hydroxylamine groups is 1. The number of hydrogen-bond donors (Lipinski definition) is 4. The number of aliphatic hydroxyl groups is 1. The number of amides is 4. The monoisotopic (exact) mass is 717 g/mol. The first-order valence-corrected chi connectivity index (χ1v) is 13.5. The van der Waals surface area contributed by atoms with Crippen LogP contribution in [0.5, 0.6) is 0 Å². The van der Waals surface area contributed by atoms with E-state index in [1.165, 1.54) is 5.32 Å². The van der Waals surface area contributed by atoms with Crippen molar-refractivity contribution in [1.82, 2.24) is 25.5 Å². The van der Waals surface area contributed by atoms with E-state index >= 15 is 0 Å². The molecule has 274 valence electrons. The summed E-state index contributed by atoms with van der Waals surface area (Å²) in [7, 11) is 0. The molecule has 0 radical (unpaired) electrons. The van der Waals surface area contributed by atoms with Crippen LogP contribution in [-0.4, -0.2) is 131 Å². The summed E-state index contributed by atoms with van der Waals surface area (Å²) < 4.78 is 158. The Hall–Kier alpha value is -3.12. The molecule has 1 rings (SSSR count). The summed E-state index contributed by atoms with van der Waals surface area (Å²) in [6, 6.07) is -2.28. The van der Waals surface area contributed by atoms with Gasteiger partial charge in [0.25, 0.3) is 0 Å². The van der Waals surface area contributed by atoms with Gasteiger partial charge < -0.3 is 25.1 Å². The van der Waals surface area contributed by atoms with Gasteiger partial charge in [-0.1, -0.05) is 0 Å². The molecule has 0 aromatic carbocycles. The van der Waals surface area contributed by atoms with Gasteiger partial charge in [-0.2, -0.15) is 58.2 Å².